The van der Waals surface area contributed by atoms with E-state index in [4.69, 9.17) is 21.7 Å². The van der Waals surface area contributed by atoms with Crippen LogP contribution < -0.4 is 14.8 Å². The van der Waals surface area contributed by atoms with Gasteiger partial charge in [-0.3, -0.25) is 10.1 Å². The van der Waals surface area contributed by atoms with E-state index in [0.717, 1.165) is 11.6 Å². The van der Waals surface area contributed by atoms with Gasteiger partial charge in [0.15, 0.2) is 21.4 Å². The number of methoxy groups -OCH3 is 2. The van der Waals surface area contributed by atoms with Gasteiger partial charge in [-0.25, -0.2) is 9.37 Å². The highest BCUT2D eigenvalue weighted by Crippen LogP contribution is 2.33. The van der Waals surface area contributed by atoms with Crippen molar-refractivity contribution in [3.63, 3.8) is 0 Å². The van der Waals surface area contributed by atoms with E-state index in [1.807, 2.05) is 11.4 Å². The Morgan fingerprint density at radius 3 is 2.72 bits per heavy atom. The highest BCUT2D eigenvalue weighted by molar-refractivity contribution is 7.71. The summed E-state index contributed by atoms with van der Waals surface area (Å²) in [6, 6.07) is 7.85. The molecule has 0 aliphatic rings. The molecule has 0 radical (unpaired) electrons. The predicted octanol–water partition coefficient (Wildman–Crippen LogP) is 4.76. The molecule has 0 atom stereocenters. The van der Waals surface area contributed by atoms with Gasteiger partial charge < -0.3 is 19.4 Å². The summed E-state index contributed by atoms with van der Waals surface area (Å²) in [5.74, 6) is 0.151. The second kappa shape index (κ2) is 7.64. The summed E-state index contributed by atoms with van der Waals surface area (Å²) in [7, 11) is 3.12. The van der Waals surface area contributed by atoms with Crippen molar-refractivity contribution >= 4 is 45.6 Å². The monoisotopic (exact) mass is 430 g/mol. The van der Waals surface area contributed by atoms with E-state index < -0.39 is 11.7 Å². The number of hydrogen-bond donors (Lipinski definition) is 3. The number of imidazole rings is 1. The number of hydrogen-bond acceptors (Lipinski definition) is 6. The average molecular weight is 430 g/mol. The number of thiazole rings is 1. The van der Waals surface area contributed by atoms with Crippen molar-refractivity contribution in [1.82, 2.24) is 15.0 Å². The van der Waals surface area contributed by atoms with Gasteiger partial charge in [-0.15, -0.1) is 11.3 Å². The lowest BCUT2D eigenvalue weighted by molar-refractivity contribution is 0.102. The molecule has 148 valence electrons. The van der Waals surface area contributed by atoms with Crippen molar-refractivity contribution in [3.05, 3.63) is 51.9 Å². The van der Waals surface area contributed by atoms with E-state index in [1.54, 1.807) is 26.4 Å². The van der Waals surface area contributed by atoms with Gasteiger partial charge in [0, 0.05) is 10.9 Å². The van der Waals surface area contributed by atoms with E-state index in [9.17, 15) is 9.18 Å². The van der Waals surface area contributed by atoms with Crippen molar-refractivity contribution in [2.45, 2.75) is 0 Å². The molecule has 29 heavy (non-hydrogen) atoms. The van der Waals surface area contributed by atoms with Crippen LogP contribution in [0.1, 0.15) is 10.4 Å². The quantitative estimate of drug-likeness (QED) is 0.397. The number of rotatable bonds is 5. The van der Waals surface area contributed by atoms with Gasteiger partial charge in [-0.1, -0.05) is 0 Å². The molecule has 2 aromatic carbocycles. The first-order valence-electron chi connectivity index (χ1n) is 8.39. The van der Waals surface area contributed by atoms with Crippen molar-refractivity contribution < 1.29 is 18.7 Å². The van der Waals surface area contributed by atoms with Crippen LogP contribution in [-0.2, 0) is 0 Å². The Labute approximate surface area is 173 Å². The molecule has 0 saturated carbocycles. The van der Waals surface area contributed by atoms with Crippen LogP contribution in [0.5, 0.6) is 11.5 Å². The van der Waals surface area contributed by atoms with Crippen molar-refractivity contribution in [2.75, 3.05) is 19.5 Å². The zero-order valence-corrected chi connectivity index (χ0v) is 17.0. The summed E-state index contributed by atoms with van der Waals surface area (Å²) in [5.41, 5.74) is 2.46. The Morgan fingerprint density at radius 2 is 1.97 bits per heavy atom. The number of halogens is 1. The van der Waals surface area contributed by atoms with Gasteiger partial charge >= 0.3 is 0 Å². The third-order valence-electron chi connectivity index (χ3n) is 4.24. The summed E-state index contributed by atoms with van der Waals surface area (Å²) in [4.78, 5) is 22.8. The van der Waals surface area contributed by atoms with Crippen LogP contribution in [0.4, 0.5) is 9.52 Å². The minimum atomic E-state index is -0.543. The third-order valence-corrected chi connectivity index (χ3v) is 5.20. The molecule has 4 rings (SSSR count). The summed E-state index contributed by atoms with van der Waals surface area (Å²) < 4.78 is 24.7. The number of anilines is 1. The number of aromatic amines is 2. The number of aromatic nitrogens is 3. The average Bonchev–Trinajstić information content (AvgIpc) is 3.32. The van der Waals surface area contributed by atoms with Crippen LogP contribution >= 0.6 is 23.6 Å². The largest absolute Gasteiger partial charge is 0.493 e. The number of carbonyl (C=O) groups excluding carboxylic acids is 1. The summed E-state index contributed by atoms with van der Waals surface area (Å²) in [5, 5.41) is 4.89. The summed E-state index contributed by atoms with van der Waals surface area (Å²) in [6.45, 7) is 0. The van der Waals surface area contributed by atoms with Gasteiger partial charge in [0.25, 0.3) is 5.91 Å². The zero-order chi connectivity index (χ0) is 20.5. The Bertz CT molecular complexity index is 1280. The number of nitrogens with zero attached hydrogens (tertiary/aromatic N) is 1. The fraction of sp³-hybridized carbons (Fsp3) is 0.105. The van der Waals surface area contributed by atoms with Crippen LogP contribution in [-0.4, -0.2) is 35.1 Å². The first-order chi connectivity index (χ1) is 14.0. The topological polar surface area (TPSA) is 92.0 Å². The van der Waals surface area contributed by atoms with Crippen LogP contribution in [0.15, 0.2) is 35.7 Å². The summed E-state index contributed by atoms with van der Waals surface area (Å²) in [6.07, 6.45) is 0. The summed E-state index contributed by atoms with van der Waals surface area (Å²) >= 11 is 6.29. The standard InChI is InChI=1S/C19H15FN4O3S2/c1-26-14-4-3-9(5-15(14)27-2)13-8-29-19(22-13)24-17(25)11-6-10(20)7-12-16(11)23-18(28)21-12/h3-8H,1-2H3,(H2,21,23,28)(H,22,24,25). The predicted molar refractivity (Wildman–Crippen MR) is 112 cm³/mol. The smallest absolute Gasteiger partial charge is 0.259 e. The molecule has 2 heterocycles. The molecule has 10 heteroatoms. The molecule has 4 aromatic rings. The minimum absolute atomic E-state index is 0.134. The first kappa shape index (κ1) is 19.1. The molecule has 2 aromatic heterocycles. The lowest BCUT2D eigenvalue weighted by Gasteiger charge is -2.08. The fourth-order valence-electron chi connectivity index (χ4n) is 2.91. The molecule has 0 spiro atoms. The van der Waals surface area contributed by atoms with E-state index in [2.05, 4.69) is 20.3 Å². The number of benzene rings is 2. The molecular formula is C19H15FN4O3S2. The molecule has 7 nitrogen and oxygen atoms in total. The molecule has 0 aliphatic carbocycles. The number of fused-ring (bicyclic) bond motifs is 1. The second-order valence-electron chi connectivity index (χ2n) is 6.02. The van der Waals surface area contributed by atoms with Gasteiger partial charge in [-0.05, 0) is 42.5 Å². The van der Waals surface area contributed by atoms with Crippen LogP contribution in [0.25, 0.3) is 22.3 Å². The van der Waals surface area contributed by atoms with E-state index in [0.29, 0.717) is 38.1 Å². The molecule has 0 aliphatic heterocycles. The van der Waals surface area contributed by atoms with Gasteiger partial charge in [-0.2, -0.15) is 0 Å². The van der Waals surface area contributed by atoms with Crippen LogP contribution in [0, 0.1) is 10.6 Å². The van der Waals surface area contributed by atoms with Crippen LogP contribution in [0.2, 0.25) is 0 Å². The number of ether oxygens (including phenoxy) is 2. The normalized spacial score (nSPS) is 10.9. The molecule has 0 saturated heterocycles. The maximum absolute atomic E-state index is 13.9. The van der Waals surface area contributed by atoms with Crippen molar-refractivity contribution in [2.24, 2.45) is 0 Å². The maximum atomic E-state index is 13.9. The lowest BCUT2D eigenvalue weighted by Crippen LogP contribution is -2.12. The van der Waals surface area contributed by atoms with Crippen LogP contribution in [0.3, 0.4) is 0 Å². The Hall–Kier alpha value is -3.24. The third kappa shape index (κ3) is 3.71. The van der Waals surface area contributed by atoms with Crippen molar-refractivity contribution in [3.8, 4) is 22.8 Å². The number of amides is 1. The number of H-pyrrole nitrogens is 2. The second-order valence-corrected chi connectivity index (χ2v) is 7.28. The molecule has 0 unspecified atom stereocenters. The highest BCUT2D eigenvalue weighted by atomic mass is 32.1. The number of nitrogens with one attached hydrogen (secondary N) is 3. The molecule has 0 bridgehead atoms. The van der Waals surface area contributed by atoms with Gasteiger partial charge in [0.05, 0.1) is 36.5 Å². The molecule has 3 N–H and O–H groups in total. The Morgan fingerprint density at radius 1 is 1.17 bits per heavy atom. The highest BCUT2D eigenvalue weighted by Gasteiger charge is 2.16. The van der Waals surface area contributed by atoms with E-state index in [1.165, 1.54) is 17.4 Å². The minimum Gasteiger partial charge on any atom is -0.493 e. The van der Waals surface area contributed by atoms with Gasteiger partial charge in [0.1, 0.15) is 5.82 Å². The fourth-order valence-corrected chi connectivity index (χ4v) is 3.84. The lowest BCUT2D eigenvalue weighted by atomic mass is 10.1. The molecular weight excluding hydrogens is 415 g/mol. The van der Waals surface area contributed by atoms with E-state index in [-0.39, 0.29) is 5.56 Å². The Kier molecular flexibility index (Phi) is 5.03. The molecule has 1 amide bonds. The SMILES string of the molecule is COc1ccc(-c2csc(NC(=O)c3cc(F)cc4[nH]c(=S)[nH]c34)n2)cc1OC. The number of carbonyl (C=O) groups is 1. The zero-order valence-electron chi connectivity index (χ0n) is 15.3. The van der Waals surface area contributed by atoms with Crippen molar-refractivity contribution in [1.29, 1.82) is 0 Å². The maximum Gasteiger partial charge on any atom is 0.259 e. The molecule has 0 fully saturated rings. The Balaban J connectivity index is 1.62. The van der Waals surface area contributed by atoms with E-state index >= 15 is 0 Å². The van der Waals surface area contributed by atoms with Gasteiger partial charge in [0.2, 0.25) is 0 Å². The first-order valence-corrected chi connectivity index (χ1v) is 9.68.